The van der Waals surface area contributed by atoms with Gasteiger partial charge >= 0.3 is 11.8 Å². The van der Waals surface area contributed by atoms with E-state index in [0.29, 0.717) is 0 Å². The molecule has 0 saturated heterocycles. The second-order valence-corrected chi connectivity index (χ2v) is 7.26. The first-order valence-electron chi connectivity index (χ1n) is 9.11. The van der Waals surface area contributed by atoms with Crippen molar-refractivity contribution in [2.24, 2.45) is 0 Å². The van der Waals surface area contributed by atoms with Gasteiger partial charge in [-0.15, -0.1) is 11.3 Å². The highest BCUT2D eigenvalue weighted by atomic mass is 32.1. The van der Waals surface area contributed by atoms with Crippen molar-refractivity contribution in [2.45, 2.75) is 12.6 Å². The summed E-state index contributed by atoms with van der Waals surface area (Å²) in [6.07, 6.45) is 0. The van der Waals surface area contributed by atoms with Crippen molar-refractivity contribution < 1.29 is 14.4 Å². The Balaban J connectivity index is 1.51. The Kier molecular flexibility index (Phi) is 7.13. The maximum atomic E-state index is 12.4. The lowest BCUT2D eigenvalue weighted by molar-refractivity contribution is -0.139. The average molecular weight is 407 g/mol. The zero-order valence-electron chi connectivity index (χ0n) is 15.6. The van der Waals surface area contributed by atoms with Crippen LogP contribution in [0.15, 0.2) is 78.2 Å². The van der Waals surface area contributed by atoms with Gasteiger partial charge in [-0.3, -0.25) is 14.4 Å². The summed E-state index contributed by atoms with van der Waals surface area (Å²) in [5, 5.41) is 9.75. The normalized spacial score (nSPS) is 11.3. The van der Waals surface area contributed by atoms with Gasteiger partial charge in [0, 0.05) is 11.4 Å². The third kappa shape index (κ3) is 6.02. The van der Waals surface area contributed by atoms with Crippen molar-refractivity contribution >= 4 is 29.1 Å². The number of thiophene rings is 1. The summed E-state index contributed by atoms with van der Waals surface area (Å²) in [6, 6.07) is 22.4. The first-order chi connectivity index (χ1) is 14.1. The number of benzene rings is 2. The Morgan fingerprint density at radius 2 is 1.45 bits per heavy atom. The van der Waals surface area contributed by atoms with Gasteiger partial charge in [0.2, 0.25) is 5.91 Å². The van der Waals surface area contributed by atoms with E-state index in [-0.39, 0.29) is 25.0 Å². The van der Waals surface area contributed by atoms with E-state index in [0.717, 1.165) is 16.0 Å². The van der Waals surface area contributed by atoms with Crippen LogP contribution < -0.4 is 16.0 Å². The molecule has 3 N–H and O–H groups in total. The van der Waals surface area contributed by atoms with Crippen LogP contribution in [0.25, 0.3) is 0 Å². The minimum atomic E-state index is -0.844. The molecule has 148 valence electrons. The molecule has 29 heavy (non-hydrogen) atoms. The van der Waals surface area contributed by atoms with Crippen LogP contribution in [0.3, 0.4) is 0 Å². The van der Waals surface area contributed by atoms with Crippen LogP contribution in [0.4, 0.5) is 0 Å². The highest BCUT2D eigenvalue weighted by molar-refractivity contribution is 7.10. The van der Waals surface area contributed by atoms with Gasteiger partial charge in [0.15, 0.2) is 0 Å². The predicted molar refractivity (Wildman–Crippen MR) is 112 cm³/mol. The predicted octanol–water partition coefficient (Wildman–Crippen LogP) is 2.39. The lowest BCUT2D eigenvalue weighted by Gasteiger charge is -2.18. The van der Waals surface area contributed by atoms with Crippen LogP contribution in [-0.2, 0) is 20.9 Å². The number of hydrogen-bond donors (Lipinski definition) is 3. The van der Waals surface area contributed by atoms with Crippen LogP contribution in [0.2, 0.25) is 0 Å². The Bertz CT molecular complexity index is 944. The monoisotopic (exact) mass is 407 g/mol. The van der Waals surface area contributed by atoms with E-state index in [1.807, 2.05) is 78.2 Å². The second-order valence-electron chi connectivity index (χ2n) is 6.28. The number of carbonyl (C=O) groups is 3. The van der Waals surface area contributed by atoms with Crippen molar-refractivity contribution in [3.63, 3.8) is 0 Å². The summed E-state index contributed by atoms with van der Waals surface area (Å²) in [7, 11) is 0. The quantitative estimate of drug-likeness (QED) is 0.526. The third-order valence-corrected chi connectivity index (χ3v) is 5.11. The van der Waals surface area contributed by atoms with E-state index in [9.17, 15) is 14.4 Å². The van der Waals surface area contributed by atoms with Gasteiger partial charge in [0.05, 0.1) is 12.6 Å². The summed E-state index contributed by atoms with van der Waals surface area (Å²) >= 11 is 1.54. The highest BCUT2D eigenvalue weighted by Gasteiger charge is 2.19. The van der Waals surface area contributed by atoms with Crippen molar-refractivity contribution in [1.82, 2.24) is 16.0 Å². The molecule has 1 aromatic heterocycles. The number of rotatable bonds is 7. The Labute approximate surface area is 173 Å². The topological polar surface area (TPSA) is 87.3 Å². The molecule has 0 aliphatic rings. The van der Waals surface area contributed by atoms with Gasteiger partial charge in [-0.2, -0.15) is 0 Å². The molecule has 0 aliphatic carbocycles. The molecule has 0 fully saturated rings. The fraction of sp³-hybridized carbons (Fsp3) is 0.136. The zero-order chi connectivity index (χ0) is 20.5. The van der Waals surface area contributed by atoms with Gasteiger partial charge in [-0.1, -0.05) is 66.7 Å². The fourth-order valence-electron chi connectivity index (χ4n) is 2.73. The smallest absolute Gasteiger partial charge is 0.309 e. The molecule has 0 unspecified atom stereocenters. The first kappa shape index (κ1) is 20.3. The SMILES string of the molecule is O=C(CNC(=O)C(=O)NCc1ccccc1)N[C@@H](c1ccccc1)c1cccs1. The number of hydrogen-bond acceptors (Lipinski definition) is 4. The molecule has 6 nitrogen and oxygen atoms in total. The Hall–Kier alpha value is -3.45. The van der Waals surface area contributed by atoms with Crippen LogP contribution in [0, 0.1) is 0 Å². The first-order valence-corrected chi connectivity index (χ1v) is 9.99. The van der Waals surface area contributed by atoms with Crippen LogP contribution >= 0.6 is 11.3 Å². The summed E-state index contributed by atoms with van der Waals surface area (Å²) in [6.45, 7) is -0.0416. The van der Waals surface area contributed by atoms with E-state index in [2.05, 4.69) is 16.0 Å². The minimum Gasteiger partial charge on any atom is -0.344 e. The lowest BCUT2D eigenvalue weighted by Crippen LogP contribution is -2.44. The fourth-order valence-corrected chi connectivity index (χ4v) is 3.53. The van der Waals surface area contributed by atoms with Gasteiger partial charge in [0.25, 0.3) is 0 Å². The molecule has 1 atom stereocenters. The van der Waals surface area contributed by atoms with E-state index < -0.39 is 11.8 Å². The van der Waals surface area contributed by atoms with Gasteiger partial charge in [0.1, 0.15) is 0 Å². The molecule has 0 bridgehead atoms. The molecule has 1 heterocycles. The zero-order valence-corrected chi connectivity index (χ0v) is 16.4. The summed E-state index contributed by atoms with van der Waals surface area (Å²) in [5.41, 5.74) is 1.82. The van der Waals surface area contributed by atoms with Crippen LogP contribution in [-0.4, -0.2) is 24.3 Å². The van der Waals surface area contributed by atoms with Crippen molar-refractivity contribution in [3.05, 3.63) is 94.2 Å². The van der Waals surface area contributed by atoms with E-state index in [1.165, 1.54) is 11.3 Å². The molecule has 0 aliphatic heterocycles. The molecular weight excluding hydrogens is 386 g/mol. The summed E-state index contributed by atoms with van der Waals surface area (Å²) in [5.74, 6) is -2.00. The molecular formula is C22H21N3O3S. The standard InChI is InChI=1S/C22H21N3O3S/c26-19(15-24-22(28)21(27)23-14-16-8-3-1-4-9-16)25-20(18-12-7-13-29-18)17-10-5-2-6-11-17/h1-13,20H,14-15H2,(H,23,27)(H,24,28)(H,25,26)/t20-/m0/s1. The average Bonchev–Trinajstić information content (AvgIpc) is 3.30. The van der Waals surface area contributed by atoms with E-state index in [1.54, 1.807) is 0 Å². The van der Waals surface area contributed by atoms with Gasteiger partial charge < -0.3 is 16.0 Å². The highest BCUT2D eigenvalue weighted by Crippen LogP contribution is 2.25. The number of nitrogens with one attached hydrogen (secondary N) is 3. The van der Waals surface area contributed by atoms with Crippen LogP contribution in [0.1, 0.15) is 22.0 Å². The Morgan fingerprint density at radius 1 is 0.793 bits per heavy atom. The molecule has 0 radical (unpaired) electrons. The Morgan fingerprint density at radius 3 is 2.10 bits per heavy atom. The van der Waals surface area contributed by atoms with E-state index in [4.69, 9.17) is 0 Å². The van der Waals surface area contributed by atoms with E-state index >= 15 is 0 Å². The molecule has 0 saturated carbocycles. The molecule has 3 amide bonds. The van der Waals surface area contributed by atoms with Crippen LogP contribution in [0.5, 0.6) is 0 Å². The van der Waals surface area contributed by atoms with Crippen molar-refractivity contribution in [1.29, 1.82) is 0 Å². The van der Waals surface area contributed by atoms with Crippen molar-refractivity contribution in [3.8, 4) is 0 Å². The van der Waals surface area contributed by atoms with Crippen molar-refractivity contribution in [2.75, 3.05) is 6.54 Å². The second kappa shape index (κ2) is 10.2. The molecule has 0 spiro atoms. The summed E-state index contributed by atoms with van der Waals surface area (Å²) in [4.78, 5) is 37.2. The third-order valence-electron chi connectivity index (χ3n) is 4.18. The summed E-state index contributed by atoms with van der Waals surface area (Å²) < 4.78 is 0. The lowest BCUT2D eigenvalue weighted by atomic mass is 10.1. The maximum Gasteiger partial charge on any atom is 0.309 e. The molecule has 2 aromatic carbocycles. The molecule has 3 aromatic rings. The molecule has 7 heteroatoms. The number of carbonyl (C=O) groups excluding carboxylic acids is 3. The molecule has 3 rings (SSSR count). The number of amides is 3. The van der Waals surface area contributed by atoms with Gasteiger partial charge in [-0.05, 0) is 22.6 Å². The largest absolute Gasteiger partial charge is 0.344 e. The minimum absolute atomic E-state index is 0.244. The maximum absolute atomic E-state index is 12.4. The van der Waals surface area contributed by atoms with Gasteiger partial charge in [-0.25, -0.2) is 0 Å².